The maximum Gasteiger partial charge on any atom is 0.252 e. The molecule has 0 unspecified atom stereocenters. The molecule has 0 aliphatic heterocycles. The molecule has 2 rings (SSSR count). The molecule has 1 amide bonds. The monoisotopic (exact) mass is 241 g/mol. The third-order valence-electron chi connectivity index (χ3n) is 2.95. The van der Waals surface area contributed by atoms with Crippen molar-refractivity contribution >= 4 is 18.3 Å². The molecule has 3 nitrogen and oxygen atoms in total. The summed E-state index contributed by atoms with van der Waals surface area (Å²) in [5.41, 5.74) is 8.26. The highest BCUT2D eigenvalue weighted by molar-refractivity contribution is 5.96. The minimum atomic E-state index is -0.416. The molecule has 16 heavy (non-hydrogen) atoms. The first-order valence-electron chi connectivity index (χ1n) is 5.22. The highest BCUT2D eigenvalue weighted by Gasteiger charge is 2.19. The average Bonchev–Trinajstić information content (AvgIpc) is 2.27. The first kappa shape index (κ1) is 12.8. The van der Waals surface area contributed by atoms with Gasteiger partial charge in [-0.1, -0.05) is 6.07 Å². The van der Waals surface area contributed by atoms with E-state index in [1.54, 1.807) is 13.2 Å². The number of hydrogen-bond donors (Lipinski definition) is 1. The molecule has 88 valence electrons. The number of amides is 1. The van der Waals surface area contributed by atoms with Crippen LogP contribution in [0, 0.1) is 0 Å². The zero-order valence-corrected chi connectivity index (χ0v) is 10.1. The number of nitrogens with two attached hydrogens (primary N) is 1. The first-order chi connectivity index (χ1) is 7.24. The Labute approximate surface area is 101 Å². The number of fused-ring (bicyclic) bond motifs is 1. The number of hydrogen-bond acceptors (Lipinski definition) is 2. The Bertz CT molecular complexity index is 404. The molecule has 1 aromatic rings. The van der Waals surface area contributed by atoms with Gasteiger partial charge in [0.05, 0.1) is 12.7 Å². The summed E-state index contributed by atoms with van der Waals surface area (Å²) in [7, 11) is 1.59. The van der Waals surface area contributed by atoms with Crippen molar-refractivity contribution in [3.05, 3.63) is 28.8 Å². The van der Waals surface area contributed by atoms with E-state index >= 15 is 0 Å². The van der Waals surface area contributed by atoms with Gasteiger partial charge in [-0.25, -0.2) is 0 Å². The highest BCUT2D eigenvalue weighted by Crippen LogP contribution is 2.32. The Morgan fingerprint density at radius 3 is 2.62 bits per heavy atom. The number of benzene rings is 1. The van der Waals surface area contributed by atoms with Crippen LogP contribution in [0.2, 0.25) is 0 Å². The van der Waals surface area contributed by atoms with Gasteiger partial charge in [0.1, 0.15) is 5.75 Å². The summed E-state index contributed by atoms with van der Waals surface area (Å²) in [6, 6.07) is 3.77. The second-order valence-electron chi connectivity index (χ2n) is 3.86. The highest BCUT2D eigenvalue weighted by atomic mass is 35.5. The summed E-state index contributed by atoms with van der Waals surface area (Å²) >= 11 is 0. The fourth-order valence-corrected chi connectivity index (χ4v) is 2.22. The van der Waals surface area contributed by atoms with E-state index < -0.39 is 5.91 Å². The fraction of sp³-hybridized carbons (Fsp3) is 0.417. The van der Waals surface area contributed by atoms with Crippen molar-refractivity contribution in [2.24, 2.45) is 5.73 Å². The molecule has 0 saturated carbocycles. The number of aryl methyl sites for hydroxylation is 1. The quantitative estimate of drug-likeness (QED) is 0.862. The standard InChI is InChI=1S/C12H15NO2.ClH/c1-15-11-9-5-3-2-4-8(9)6-7-10(11)12(13)14;/h6-7H,2-5H2,1H3,(H2,13,14);1H. The lowest BCUT2D eigenvalue weighted by Crippen LogP contribution is -2.15. The fourth-order valence-electron chi connectivity index (χ4n) is 2.22. The van der Waals surface area contributed by atoms with Crippen molar-refractivity contribution in [1.29, 1.82) is 0 Å². The predicted octanol–water partition coefficient (Wildman–Crippen LogP) is 2.09. The Kier molecular flexibility index (Phi) is 4.19. The molecule has 2 N–H and O–H groups in total. The van der Waals surface area contributed by atoms with Crippen LogP contribution < -0.4 is 10.5 Å². The van der Waals surface area contributed by atoms with E-state index in [0.717, 1.165) is 19.3 Å². The molecule has 0 radical (unpaired) electrons. The van der Waals surface area contributed by atoms with Crippen LogP contribution in [-0.2, 0) is 12.8 Å². The number of rotatable bonds is 2. The second-order valence-corrected chi connectivity index (χ2v) is 3.86. The number of carbonyl (C=O) groups is 1. The molecule has 0 aromatic heterocycles. The van der Waals surface area contributed by atoms with Crippen LogP contribution in [0.15, 0.2) is 12.1 Å². The lowest BCUT2D eigenvalue weighted by Gasteiger charge is -2.20. The van der Waals surface area contributed by atoms with Gasteiger partial charge >= 0.3 is 0 Å². The summed E-state index contributed by atoms with van der Waals surface area (Å²) in [5.74, 6) is 0.264. The number of halogens is 1. The second kappa shape index (κ2) is 5.21. The van der Waals surface area contributed by atoms with Crippen molar-refractivity contribution in [2.75, 3.05) is 7.11 Å². The third kappa shape index (κ3) is 2.14. The van der Waals surface area contributed by atoms with E-state index in [1.165, 1.54) is 17.5 Å². The molecule has 0 spiro atoms. The van der Waals surface area contributed by atoms with Crippen LogP contribution in [0.5, 0.6) is 5.75 Å². The lowest BCUT2D eigenvalue weighted by molar-refractivity contribution is 0.0997. The summed E-state index contributed by atoms with van der Waals surface area (Å²) in [5, 5.41) is 0. The van der Waals surface area contributed by atoms with E-state index in [9.17, 15) is 4.79 Å². The molecule has 1 aliphatic rings. The van der Waals surface area contributed by atoms with Crippen LogP contribution in [0.25, 0.3) is 0 Å². The van der Waals surface area contributed by atoms with Crippen molar-refractivity contribution in [2.45, 2.75) is 25.7 Å². The topological polar surface area (TPSA) is 52.3 Å². The number of carbonyl (C=O) groups excluding carboxylic acids is 1. The summed E-state index contributed by atoms with van der Waals surface area (Å²) in [4.78, 5) is 11.2. The van der Waals surface area contributed by atoms with Crippen LogP contribution in [0.4, 0.5) is 0 Å². The van der Waals surface area contributed by atoms with Gasteiger partial charge in [0.25, 0.3) is 5.91 Å². The Morgan fingerprint density at radius 1 is 1.31 bits per heavy atom. The van der Waals surface area contributed by atoms with Gasteiger partial charge in [-0.15, -0.1) is 12.4 Å². The average molecular weight is 242 g/mol. The van der Waals surface area contributed by atoms with Gasteiger partial charge in [0, 0.05) is 0 Å². The molecular formula is C12H16ClNO2. The summed E-state index contributed by atoms with van der Waals surface area (Å²) < 4.78 is 5.30. The summed E-state index contributed by atoms with van der Waals surface area (Å²) in [6.45, 7) is 0. The van der Waals surface area contributed by atoms with Crippen molar-refractivity contribution in [3.63, 3.8) is 0 Å². The molecule has 0 heterocycles. The number of methoxy groups -OCH3 is 1. The third-order valence-corrected chi connectivity index (χ3v) is 2.95. The van der Waals surface area contributed by atoms with Crippen molar-refractivity contribution < 1.29 is 9.53 Å². The van der Waals surface area contributed by atoms with Gasteiger partial charge in [-0.3, -0.25) is 4.79 Å². The maximum absolute atomic E-state index is 11.2. The molecule has 0 bridgehead atoms. The van der Waals surface area contributed by atoms with E-state index in [0.29, 0.717) is 11.3 Å². The normalized spacial score (nSPS) is 13.6. The minimum Gasteiger partial charge on any atom is -0.496 e. The smallest absolute Gasteiger partial charge is 0.252 e. The van der Waals surface area contributed by atoms with Gasteiger partial charge in [-0.2, -0.15) is 0 Å². The number of primary amides is 1. The van der Waals surface area contributed by atoms with E-state index in [-0.39, 0.29) is 12.4 Å². The maximum atomic E-state index is 11.2. The predicted molar refractivity (Wildman–Crippen MR) is 65.4 cm³/mol. The SMILES string of the molecule is COc1c(C(N)=O)ccc2c1CCCC2.Cl. The van der Waals surface area contributed by atoms with E-state index in [1.807, 2.05) is 6.07 Å². The van der Waals surface area contributed by atoms with Crippen LogP contribution >= 0.6 is 12.4 Å². The zero-order valence-electron chi connectivity index (χ0n) is 9.29. The number of ether oxygens (including phenoxy) is 1. The van der Waals surface area contributed by atoms with Gasteiger partial charge in [0.2, 0.25) is 0 Å². The van der Waals surface area contributed by atoms with Crippen molar-refractivity contribution in [3.8, 4) is 5.75 Å². The molecule has 0 saturated heterocycles. The molecular weight excluding hydrogens is 226 g/mol. The van der Waals surface area contributed by atoms with Crippen LogP contribution in [0.3, 0.4) is 0 Å². The van der Waals surface area contributed by atoms with Crippen LogP contribution in [-0.4, -0.2) is 13.0 Å². The van der Waals surface area contributed by atoms with E-state index in [2.05, 4.69) is 0 Å². The van der Waals surface area contributed by atoms with E-state index in [4.69, 9.17) is 10.5 Å². The summed E-state index contributed by atoms with van der Waals surface area (Å²) in [6.07, 6.45) is 4.43. The van der Waals surface area contributed by atoms with Crippen LogP contribution in [0.1, 0.15) is 34.3 Å². The minimum absolute atomic E-state index is 0. The van der Waals surface area contributed by atoms with Gasteiger partial charge in [-0.05, 0) is 42.9 Å². The molecule has 4 heteroatoms. The molecule has 0 fully saturated rings. The largest absolute Gasteiger partial charge is 0.496 e. The lowest BCUT2D eigenvalue weighted by atomic mass is 9.89. The molecule has 1 aliphatic carbocycles. The molecule has 0 atom stereocenters. The zero-order chi connectivity index (χ0) is 10.8. The Balaban J connectivity index is 0.00000128. The Morgan fingerprint density at radius 2 is 2.00 bits per heavy atom. The Hall–Kier alpha value is -1.22. The van der Waals surface area contributed by atoms with Gasteiger partial charge in [0.15, 0.2) is 0 Å². The first-order valence-corrected chi connectivity index (χ1v) is 5.22. The molecule has 1 aromatic carbocycles. The van der Waals surface area contributed by atoms with Crippen molar-refractivity contribution in [1.82, 2.24) is 0 Å². The van der Waals surface area contributed by atoms with Gasteiger partial charge < -0.3 is 10.5 Å².